The lowest BCUT2D eigenvalue weighted by atomic mass is 10.3. The first kappa shape index (κ1) is 13.3. The summed E-state index contributed by atoms with van der Waals surface area (Å²) in [6.07, 6.45) is 0. The molecule has 0 saturated heterocycles. The Bertz CT molecular complexity index is 740. The molecule has 0 unspecified atom stereocenters. The highest BCUT2D eigenvalue weighted by Crippen LogP contribution is 2.27. The lowest BCUT2D eigenvalue weighted by Crippen LogP contribution is -2.13. The largest absolute Gasteiger partial charge is 0.399 e. The van der Waals surface area contributed by atoms with E-state index in [1.54, 1.807) is 11.6 Å². The zero-order valence-electron chi connectivity index (χ0n) is 10.1. The van der Waals surface area contributed by atoms with E-state index in [-0.39, 0.29) is 11.7 Å². The van der Waals surface area contributed by atoms with Crippen LogP contribution < -0.4 is 11.1 Å². The summed E-state index contributed by atoms with van der Waals surface area (Å²) in [6.45, 7) is 0. The quantitative estimate of drug-likeness (QED) is 0.566. The molecule has 9 heteroatoms. The van der Waals surface area contributed by atoms with Crippen LogP contribution in [-0.4, -0.2) is 26.8 Å². The molecule has 2 aromatic heterocycles. The van der Waals surface area contributed by atoms with Crippen molar-refractivity contribution < 1.29 is 4.79 Å². The van der Waals surface area contributed by atoms with Gasteiger partial charge in [-0.2, -0.15) is 0 Å². The Morgan fingerprint density at radius 3 is 3.15 bits per heavy atom. The number of amides is 1. The number of nitrogen functional groups attached to an aromatic ring is 1. The van der Waals surface area contributed by atoms with Crippen molar-refractivity contribution >= 4 is 61.4 Å². The molecule has 0 fully saturated rings. The summed E-state index contributed by atoms with van der Waals surface area (Å²) >= 11 is 4.17. The van der Waals surface area contributed by atoms with Crippen molar-refractivity contribution in [3.63, 3.8) is 0 Å². The van der Waals surface area contributed by atoms with Gasteiger partial charge in [0.1, 0.15) is 5.51 Å². The summed E-state index contributed by atoms with van der Waals surface area (Å²) in [4.78, 5) is 16.2. The van der Waals surface area contributed by atoms with Gasteiger partial charge in [0.15, 0.2) is 9.47 Å². The van der Waals surface area contributed by atoms with E-state index in [0.717, 1.165) is 14.6 Å². The lowest BCUT2D eigenvalue weighted by molar-refractivity contribution is -0.113. The maximum Gasteiger partial charge on any atom is 0.236 e. The Balaban J connectivity index is 1.65. The Morgan fingerprint density at radius 1 is 1.45 bits per heavy atom. The zero-order valence-corrected chi connectivity index (χ0v) is 12.5. The van der Waals surface area contributed by atoms with Crippen molar-refractivity contribution in [2.75, 3.05) is 16.8 Å². The van der Waals surface area contributed by atoms with E-state index < -0.39 is 0 Å². The van der Waals surface area contributed by atoms with Gasteiger partial charge in [0.05, 0.1) is 16.0 Å². The first-order valence-corrected chi connectivity index (χ1v) is 8.24. The summed E-state index contributed by atoms with van der Waals surface area (Å²) in [5, 5.41) is 10.9. The third-order valence-corrected chi connectivity index (χ3v) is 5.12. The van der Waals surface area contributed by atoms with Crippen molar-refractivity contribution in [1.29, 1.82) is 0 Å². The van der Waals surface area contributed by atoms with Gasteiger partial charge in [0.25, 0.3) is 0 Å². The Labute approximate surface area is 126 Å². The second-order valence-electron chi connectivity index (χ2n) is 3.79. The van der Waals surface area contributed by atoms with Crippen LogP contribution in [-0.2, 0) is 4.79 Å². The molecule has 102 valence electrons. The number of nitrogens with one attached hydrogen (secondary N) is 1. The van der Waals surface area contributed by atoms with E-state index >= 15 is 0 Å². The zero-order chi connectivity index (χ0) is 13.9. The molecule has 1 aromatic carbocycles. The smallest absolute Gasteiger partial charge is 0.236 e. The molecular weight excluding hydrogens is 314 g/mol. The first-order chi connectivity index (χ1) is 9.70. The van der Waals surface area contributed by atoms with Crippen LogP contribution in [0.2, 0.25) is 0 Å². The lowest BCUT2D eigenvalue weighted by Gasteiger charge is -1.98. The minimum Gasteiger partial charge on any atom is -0.399 e. The molecular formula is C11H9N5OS3. The summed E-state index contributed by atoms with van der Waals surface area (Å²) in [5.41, 5.74) is 8.87. The van der Waals surface area contributed by atoms with Gasteiger partial charge < -0.3 is 11.1 Å². The number of fused-ring (bicyclic) bond motifs is 1. The topological polar surface area (TPSA) is 93.8 Å². The summed E-state index contributed by atoms with van der Waals surface area (Å²) < 4.78 is 1.73. The first-order valence-electron chi connectivity index (χ1n) is 5.55. The van der Waals surface area contributed by atoms with Crippen LogP contribution in [0.4, 0.5) is 10.8 Å². The van der Waals surface area contributed by atoms with E-state index in [1.165, 1.54) is 34.4 Å². The molecule has 0 aliphatic heterocycles. The third kappa shape index (κ3) is 3.06. The second-order valence-corrected chi connectivity index (χ2v) is 6.87. The number of thiazole rings is 1. The molecule has 3 N–H and O–H groups in total. The molecule has 2 heterocycles. The van der Waals surface area contributed by atoms with E-state index in [2.05, 4.69) is 20.5 Å². The van der Waals surface area contributed by atoms with Gasteiger partial charge >= 0.3 is 0 Å². The third-order valence-electron chi connectivity index (χ3n) is 2.33. The van der Waals surface area contributed by atoms with Gasteiger partial charge in [-0.25, -0.2) is 4.98 Å². The maximum atomic E-state index is 11.8. The second kappa shape index (κ2) is 5.73. The number of carbonyl (C=O) groups excluding carboxylic acids is 1. The molecule has 6 nitrogen and oxygen atoms in total. The van der Waals surface area contributed by atoms with Gasteiger partial charge in [-0.05, 0) is 18.2 Å². The van der Waals surface area contributed by atoms with E-state index in [4.69, 9.17) is 5.73 Å². The van der Waals surface area contributed by atoms with Crippen LogP contribution in [0, 0.1) is 0 Å². The SMILES string of the molecule is Nc1ccc2nc(NC(=O)CSc3nncs3)sc2c1. The Kier molecular flexibility index (Phi) is 3.81. The number of rotatable bonds is 4. The number of thioether (sulfide) groups is 1. The molecule has 0 aliphatic rings. The molecule has 0 bridgehead atoms. The van der Waals surface area contributed by atoms with Gasteiger partial charge in [0, 0.05) is 5.69 Å². The minimum atomic E-state index is -0.114. The number of hydrogen-bond acceptors (Lipinski definition) is 8. The summed E-state index contributed by atoms with van der Waals surface area (Å²) in [7, 11) is 0. The minimum absolute atomic E-state index is 0.114. The van der Waals surface area contributed by atoms with Crippen molar-refractivity contribution in [2.24, 2.45) is 0 Å². The molecule has 1 amide bonds. The fourth-order valence-corrected chi connectivity index (χ4v) is 3.72. The number of nitrogens with two attached hydrogens (primary N) is 1. The summed E-state index contributed by atoms with van der Waals surface area (Å²) in [5.74, 6) is 0.171. The van der Waals surface area contributed by atoms with Crippen LogP contribution in [0.5, 0.6) is 0 Å². The van der Waals surface area contributed by atoms with Crippen LogP contribution in [0.1, 0.15) is 0 Å². The number of hydrogen-bond donors (Lipinski definition) is 2. The molecule has 20 heavy (non-hydrogen) atoms. The number of benzene rings is 1. The van der Waals surface area contributed by atoms with Crippen LogP contribution in [0.3, 0.4) is 0 Å². The predicted octanol–water partition coefficient (Wildman–Crippen LogP) is 2.46. The normalized spacial score (nSPS) is 10.8. The van der Waals surface area contributed by atoms with Gasteiger partial charge in [0.2, 0.25) is 5.91 Å². The highest BCUT2D eigenvalue weighted by Gasteiger charge is 2.09. The Morgan fingerprint density at radius 2 is 2.35 bits per heavy atom. The highest BCUT2D eigenvalue weighted by atomic mass is 32.2. The molecule has 0 spiro atoms. The van der Waals surface area contributed by atoms with Gasteiger partial charge in [-0.15, -0.1) is 10.2 Å². The molecule has 3 rings (SSSR count). The molecule has 3 aromatic rings. The van der Waals surface area contributed by atoms with Crippen molar-refractivity contribution in [3.05, 3.63) is 23.7 Å². The Hall–Kier alpha value is -1.71. The summed E-state index contributed by atoms with van der Waals surface area (Å²) in [6, 6.07) is 5.48. The molecule has 0 aliphatic carbocycles. The van der Waals surface area contributed by atoms with E-state index in [0.29, 0.717) is 10.8 Å². The van der Waals surface area contributed by atoms with Gasteiger partial charge in [-0.1, -0.05) is 34.4 Å². The molecule has 0 radical (unpaired) electrons. The molecule has 0 atom stereocenters. The molecule has 0 saturated carbocycles. The number of nitrogens with zero attached hydrogens (tertiary/aromatic N) is 3. The average Bonchev–Trinajstić information content (AvgIpc) is 3.04. The van der Waals surface area contributed by atoms with Crippen LogP contribution >= 0.6 is 34.4 Å². The highest BCUT2D eigenvalue weighted by molar-refractivity contribution is 8.01. The van der Waals surface area contributed by atoms with E-state index in [9.17, 15) is 4.79 Å². The van der Waals surface area contributed by atoms with Crippen LogP contribution in [0.25, 0.3) is 10.2 Å². The average molecular weight is 323 g/mol. The monoisotopic (exact) mass is 323 g/mol. The fourth-order valence-electron chi connectivity index (χ4n) is 1.50. The van der Waals surface area contributed by atoms with Crippen molar-refractivity contribution in [1.82, 2.24) is 15.2 Å². The van der Waals surface area contributed by atoms with Crippen molar-refractivity contribution in [3.8, 4) is 0 Å². The number of carbonyl (C=O) groups is 1. The predicted molar refractivity (Wildman–Crippen MR) is 83.3 cm³/mol. The van der Waals surface area contributed by atoms with Crippen molar-refractivity contribution in [2.45, 2.75) is 4.34 Å². The maximum absolute atomic E-state index is 11.8. The van der Waals surface area contributed by atoms with E-state index in [1.807, 2.05) is 12.1 Å². The standard InChI is InChI=1S/C11H9N5OS3/c12-6-1-2-7-8(3-6)20-10(14-7)15-9(17)4-18-11-16-13-5-19-11/h1-3,5H,4,12H2,(H,14,15,17). The number of aromatic nitrogens is 3. The van der Waals surface area contributed by atoms with Gasteiger partial charge in [-0.3, -0.25) is 4.79 Å². The number of anilines is 2. The fraction of sp³-hybridized carbons (Fsp3) is 0.0909. The van der Waals surface area contributed by atoms with Crippen LogP contribution in [0.15, 0.2) is 28.0 Å².